The number of hydrogen-bond acceptors (Lipinski definition) is 6. The minimum atomic E-state index is -0.509. The van der Waals surface area contributed by atoms with E-state index >= 15 is 0 Å². The third kappa shape index (κ3) is 6.87. The highest BCUT2D eigenvalue weighted by Crippen LogP contribution is 2.24. The predicted molar refractivity (Wildman–Crippen MR) is 189 cm³/mol. The molecule has 0 unspecified atom stereocenters. The number of H-pyrrole nitrogens is 6. The number of hydrogen-bond donors (Lipinski definition) is 6. The molecule has 5 aromatic rings. The van der Waals surface area contributed by atoms with Gasteiger partial charge < -0.3 is 29.9 Å². The van der Waals surface area contributed by atoms with E-state index in [0.717, 1.165) is 11.4 Å². The highest BCUT2D eigenvalue weighted by molar-refractivity contribution is 5.74. The Labute approximate surface area is 274 Å². The second kappa shape index (κ2) is 12.6. The molecule has 0 atom stereocenters. The van der Waals surface area contributed by atoms with Crippen molar-refractivity contribution in [1.29, 1.82) is 0 Å². The number of nitrogens with one attached hydrogen (secondary N) is 6. The molecule has 1 aromatic carbocycles. The van der Waals surface area contributed by atoms with Gasteiger partial charge in [-0.1, -0.05) is 66.9 Å². The van der Waals surface area contributed by atoms with Gasteiger partial charge in [0, 0.05) is 22.2 Å². The third-order valence-electron chi connectivity index (χ3n) is 7.70. The molecule has 246 valence electrons. The smallest absolute Gasteiger partial charge is 0.272 e. The van der Waals surface area contributed by atoms with Crippen LogP contribution in [0, 0.1) is 0 Å². The van der Waals surface area contributed by atoms with E-state index in [0.29, 0.717) is 33.6 Å². The lowest BCUT2D eigenvalue weighted by molar-refractivity contribution is 0.571. The summed E-state index contributed by atoms with van der Waals surface area (Å²) in [5.41, 5.74) is 2.58. The van der Waals surface area contributed by atoms with Gasteiger partial charge in [0.2, 0.25) is 0 Å². The molecule has 5 rings (SSSR count). The van der Waals surface area contributed by atoms with Crippen LogP contribution in [-0.4, -0.2) is 39.9 Å². The molecule has 0 aliphatic carbocycles. The van der Waals surface area contributed by atoms with Crippen LogP contribution in [0.15, 0.2) is 57.1 Å². The van der Waals surface area contributed by atoms with E-state index in [4.69, 9.17) is 0 Å². The van der Waals surface area contributed by atoms with Gasteiger partial charge in [-0.25, -0.2) is 9.97 Å². The van der Waals surface area contributed by atoms with Crippen molar-refractivity contribution in [3.05, 3.63) is 146 Å². The molecule has 12 heteroatoms. The number of nitrogens with zero attached hydrogens (tertiary/aromatic N) is 2. The number of rotatable bonds is 6. The van der Waals surface area contributed by atoms with E-state index in [1.807, 2.05) is 41.5 Å². The van der Waals surface area contributed by atoms with Crippen molar-refractivity contribution in [3.63, 3.8) is 0 Å². The summed E-state index contributed by atoms with van der Waals surface area (Å²) in [6, 6.07) is 3.49. The van der Waals surface area contributed by atoms with Crippen LogP contribution in [0.4, 0.5) is 0 Å². The molecular weight excluding hydrogens is 608 g/mol. The monoisotopic (exact) mass is 646 g/mol. The van der Waals surface area contributed by atoms with Crippen molar-refractivity contribution >= 4 is 36.5 Å². The van der Waals surface area contributed by atoms with Crippen LogP contribution in [0.3, 0.4) is 0 Å². The second-order valence-electron chi connectivity index (χ2n) is 13.4. The van der Waals surface area contributed by atoms with E-state index < -0.39 is 22.2 Å². The molecule has 0 bridgehead atoms. The maximum absolute atomic E-state index is 13.1. The molecule has 0 aliphatic rings. The van der Waals surface area contributed by atoms with Crippen molar-refractivity contribution < 1.29 is 0 Å². The summed E-state index contributed by atoms with van der Waals surface area (Å²) in [7, 11) is 0. The van der Waals surface area contributed by atoms with Gasteiger partial charge >= 0.3 is 0 Å². The Morgan fingerprint density at radius 2 is 0.833 bits per heavy atom. The molecular formula is C36H38N8O4. The first-order valence-electron chi connectivity index (χ1n) is 15.2. The summed E-state index contributed by atoms with van der Waals surface area (Å²) >= 11 is 0. The van der Waals surface area contributed by atoms with Gasteiger partial charge in [-0.05, 0) is 58.7 Å². The number of aromatic amines is 6. The zero-order chi connectivity index (χ0) is 35.0. The van der Waals surface area contributed by atoms with Crippen LogP contribution in [0.5, 0.6) is 0 Å². The molecule has 0 amide bonds. The second-order valence-corrected chi connectivity index (χ2v) is 13.4. The zero-order valence-electron chi connectivity index (χ0n) is 27.7. The molecule has 0 saturated heterocycles. The Bertz CT molecular complexity index is 2380. The van der Waals surface area contributed by atoms with Gasteiger partial charge in [0.25, 0.3) is 22.2 Å². The number of aromatic nitrogens is 8. The minimum absolute atomic E-state index is 0.0317. The minimum Gasteiger partial charge on any atom is -0.348 e. The first-order chi connectivity index (χ1) is 22.6. The Morgan fingerprint density at radius 1 is 0.521 bits per heavy atom. The highest BCUT2D eigenvalue weighted by atomic mass is 16.1. The molecule has 0 aliphatic heterocycles. The normalized spacial score (nSPS) is 13.8. The van der Waals surface area contributed by atoms with Crippen molar-refractivity contribution in [2.45, 2.75) is 52.4 Å². The summed E-state index contributed by atoms with van der Waals surface area (Å²) in [5, 5.41) is 0.197. The fourth-order valence-electron chi connectivity index (χ4n) is 5.28. The standard InChI is InChI=1S/C36H38N8O4/c1-9-19-11-22(14-26-32(46)44-28(34(48)42-26)16-24-30(36(6,7)8)40-18-38-24)20(10-2)12-21(19)13-25-31(45)43-27(33(47)41-25)15-23-29(35(3,4)5)39-17-37-23/h9-18H,1-2H2,3-8H3,(H,37,39)(H,38,40)(H,41,47)(H,42,48)(H,43,45)(H,44,46)/b25-13-,26-14-,27-15-,28-16-. The van der Waals surface area contributed by atoms with Gasteiger partial charge in [0.15, 0.2) is 0 Å². The zero-order valence-corrected chi connectivity index (χ0v) is 27.7. The van der Waals surface area contributed by atoms with Crippen molar-refractivity contribution in [2.75, 3.05) is 0 Å². The first kappa shape index (κ1) is 33.3. The molecule has 12 nitrogen and oxygen atoms in total. The first-order valence-corrected chi connectivity index (χ1v) is 15.2. The molecule has 4 heterocycles. The summed E-state index contributed by atoms with van der Waals surface area (Å²) < 4.78 is 0. The number of benzene rings is 1. The quantitative estimate of drug-likeness (QED) is 0.160. The van der Waals surface area contributed by atoms with E-state index in [-0.39, 0.29) is 32.2 Å². The lowest BCUT2D eigenvalue weighted by Crippen LogP contribution is -2.47. The fraction of sp³-hybridized carbons (Fsp3) is 0.222. The Morgan fingerprint density at radius 3 is 1.12 bits per heavy atom. The summed E-state index contributed by atoms with van der Waals surface area (Å²) in [6.07, 6.45) is 12.4. The molecule has 0 fully saturated rings. The van der Waals surface area contributed by atoms with E-state index in [1.165, 1.54) is 24.3 Å². The molecule has 48 heavy (non-hydrogen) atoms. The van der Waals surface area contributed by atoms with Crippen LogP contribution in [0.25, 0.3) is 36.5 Å². The van der Waals surface area contributed by atoms with Crippen molar-refractivity contribution in [3.8, 4) is 0 Å². The number of imidazole rings is 2. The van der Waals surface area contributed by atoms with Gasteiger partial charge in [-0.15, -0.1) is 0 Å². The molecule has 0 radical (unpaired) electrons. The van der Waals surface area contributed by atoms with Gasteiger partial charge in [0.05, 0.1) is 24.0 Å². The van der Waals surface area contributed by atoms with Gasteiger partial charge in [-0.3, -0.25) is 19.2 Å². The van der Waals surface area contributed by atoms with Crippen LogP contribution >= 0.6 is 0 Å². The lowest BCUT2D eigenvalue weighted by Gasteiger charge is -2.16. The summed E-state index contributed by atoms with van der Waals surface area (Å²) in [6.45, 7) is 19.9. The SMILES string of the molecule is C=Cc1cc(/C=c2\[nH]c(=O)/c(=C/c3nc[nH]c3C(C)(C)C)[nH]c2=O)c(C=C)cc1/C=c1\[nH]c(=O)/c(=C/c2nc[nH]c2C(C)(C)C)[nH]c1=O. The van der Waals surface area contributed by atoms with Crippen LogP contribution < -0.4 is 43.6 Å². The highest BCUT2D eigenvalue weighted by Gasteiger charge is 2.20. The van der Waals surface area contributed by atoms with Crippen LogP contribution in [-0.2, 0) is 10.8 Å². The average Bonchev–Trinajstić information content (AvgIpc) is 3.68. The largest absolute Gasteiger partial charge is 0.348 e. The summed E-state index contributed by atoms with van der Waals surface area (Å²) in [4.78, 5) is 77.6. The molecule has 0 spiro atoms. The molecule has 4 aromatic heterocycles. The van der Waals surface area contributed by atoms with Crippen molar-refractivity contribution in [1.82, 2.24) is 39.9 Å². The van der Waals surface area contributed by atoms with Crippen LogP contribution in [0.1, 0.15) is 86.6 Å². The van der Waals surface area contributed by atoms with Crippen molar-refractivity contribution in [2.24, 2.45) is 0 Å². The van der Waals surface area contributed by atoms with E-state index in [2.05, 4.69) is 53.0 Å². The van der Waals surface area contributed by atoms with Gasteiger partial charge in [0.1, 0.15) is 21.4 Å². The molecule has 0 saturated carbocycles. The average molecular weight is 647 g/mol. The third-order valence-corrected chi connectivity index (χ3v) is 7.70. The van der Waals surface area contributed by atoms with E-state index in [1.54, 1.807) is 36.9 Å². The fourth-order valence-corrected chi connectivity index (χ4v) is 5.28. The Kier molecular flexibility index (Phi) is 8.77. The van der Waals surface area contributed by atoms with E-state index in [9.17, 15) is 19.2 Å². The van der Waals surface area contributed by atoms with Gasteiger partial charge in [-0.2, -0.15) is 0 Å². The maximum atomic E-state index is 13.1. The predicted octanol–water partition coefficient (Wildman–Crippen LogP) is 1.08. The Hall–Kier alpha value is -6.04. The maximum Gasteiger partial charge on any atom is 0.272 e. The Balaban J connectivity index is 1.59. The summed E-state index contributed by atoms with van der Waals surface area (Å²) in [5.74, 6) is 0. The molecule has 6 N–H and O–H groups in total. The topological polar surface area (TPSA) is 189 Å². The lowest BCUT2D eigenvalue weighted by atomic mass is 9.90. The van der Waals surface area contributed by atoms with Crippen LogP contribution in [0.2, 0.25) is 0 Å².